The average molecular weight is 202 g/mol. The highest BCUT2D eigenvalue weighted by molar-refractivity contribution is 6.15. The van der Waals surface area contributed by atoms with E-state index in [2.05, 4.69) is 38.3 Å². The van der Waals surface area contributed by atoms with E-state index in [4.69, 9.17) is 0 Å². The zero-order valence-electron chi connectivity index (χ0n) is 9.91. The van der Waals surface area contributed by atoms with Crippen LogP contribution in [0, 0.1) is 5.92 Å². The van der Waals surface area contributed by atoms with Crippen molar-refractivity contribution in [3.05, 3.63) is 0 Å². The first-order valence-corrected chi connectivity index (χ1v) is 6.56. The quantitative estimate of drug-likeness (QED) is 0.581. The van der Waals surface area contributed by atoms with Gasteiger partial charge in [0.25, 0.3) is 0 Å². The number of nitrogens with one attached hydrogen (secondary N) is 2. The highest BCUT2D eigenvalue weighted by Gasteiger charge is 2.27. The fraction of sp³-hybridized carbons (Fsp3) is 1.00. The summed E-state index contributed by atoms with van der Waals surface area (Å²) in [6.45, 7) is 12.3. The van der Waals surface area contributed by atoms with E-state index in [9.17, 15) is 0 Å². The Balaban J connectivity index is 4.14. The lowest BCUT2D eigenvalue weighted by molar-refractivity contribution is 0.311. The zero-order valence-corrected chi connectivity index (χ0v) is 11.9. The van der Waals surface area contributed by atoms with E-state index in [0.717, 1.165) is 25.6 Å². The van der Waals surface area contributed by atoms with Crippen LogP contribution in [0.4, 0.5) is 0 Å². The monoisotopic (exact) mass is 202 g/mol. The van der Waals surface area contributed by atoms with E-state index in [1.807, 2.05) is 0 Å². The summed E-state index contributed by atoms with van der Waals surface area (Å²) >= 11 is 0. The molecule has 0 radical (unpaired) electrons. The van der Waals surface area contributed by atoms with Crippen molar-refractivity contribution in [2.75, 3.05) is 19.6 Å². The van der Waals surface area contributed by atoms with Gasteiger partial charge in [-0.1, -0.05) is 34.1 Å². The van der Waals surface area contributed by atoms with E-state index >= 15 is 0 Å². The molecule has 80 valence electrons. The fourth-order valence-electron chi connectivity index (χ4n) is 1.65. The third-order valence-corrected chi connectivity index (χ3v) is 4.72. The van der Waals surface area contributed by atoms with Crippen LogP contribution in [-0.2, 0) is 0 Å². The molecule has 0 aliphatic rings. The second-order valence-corrected chi connectivity index (χ2v) is 5.82. The lowest BCUT2D eigenvalue weighted by Crippen LogP contribution is -2.57. The minimum atomic E-state index is 0.388. The molecule has 0 saturated heterocycles. The van der Waals surface area contributed by atoms with Crippen molar-refractivity contribution in [3.63, 3.8) is 0 Å². The Morgan fingerprint density at radius 2 is 1.85 bits per heavy atom. The van der Waals surface area contributed by atoms with Crippen molar-refractivity contribution in [2.24, 2.45) is 5.92 Å². The van der Waals surface area contributed by atoms with Crippen molar-refractivity contribution >= 4 is 10.2 Å². The molecule has 0 saturated carbocycles. The Kier molecular flexibility index (Phi) is 6.64. The molecule has 0 aliphatic carbocycles. The molecular formula is C10H26N2Si. The molecule has 0 aromatic heterocycles. The molecule has 0 aliphatic heterocycles. The first-order chi connectivity index (χ1) is 6.10. The first kappa shape index (κ1) is 13.1. The molecule has 0 amide bonds. The summed E-state index contributed by atoms with van der Waals surface area (Å²) in [6.07, 6.45) is 1.27. The predicted molar refractivity (Wildman–Crippen MR) is 64.3 cm³/mol. The molecule has 0 spiro atoms. The van der Waals surface area contributed by atoms with Crippen molar-refractivity contribution in [3.8, 4) is 0 Å². The standard InChI is InChI=1S/C10H26N2Si/c1-5-9(4)10(13,12-7-3)8-11-6-2/h9,11-12H,5-8H2,1-4,13H3. The van der Waals surface area contributed by atoms with Crippen LogP contribution in [0.3, 0.4) is 0 Å². The molecule has 2 N–H and O–H groups in total. The van der Waals surface area contributed by atoms with Crippen LogP contribution in [0.1, 0.15) is 34.1 Å². The van der Waals surface area contributed by atoms with Gasteiger partial charge in [0.1, 0.15) is 0 Å². The molecule has 13 heavy (non-hydrogen) atoms. The van der Waals surface area contributed by atoms with Gasteiger partial charge in [0.05, 0.1) is 0 Å². The Hall–Kier alpha value is 0.137. The molecule has 0 rings (SSSR count). The summed E-state index contributed by atoms with van der Waals surface area (Å²) < 4.78 is 0. The summed E-state index contributed by atoms with van der Waals surface area (Å²) in [5.74, 6) is 0.776. The van der Waals surface area contributed by atoms with E-state index in [-0.39, 0.29) is 0 Å². The SMILES string of the molecule is CCNCC([SiH3])(NCC)C(C)CC. The van der Waals surface area contributed by atoms with Crippen LogP contribution >= 0.6 is 0 Å². The minimum Gasteiger partial charge on any atom is -0.316 e. The Bertz CT molecular complexity index is 130. The zero-order chi connectivity index (χ0) is 10.3. The van der Waals surface area contributed by atoms with Gasteiger partial charge in [0.2, 0.25) is 0 Å². The van der Waals surface area contributed by atoms with Crippen LogP contribution in [-0.4, -0.2) is 35.0 Å². The van der Waals surface area contributed by atoms with Gasteiger partial charge in [-0.15, -0.1) is 0 Å². The van der Waals surface area contributed by atoms with Gasteiger partial charge in [0.15, 0.2) is 0 Å². The highest BCUT2D eigenvalue weighted by atomic mass is 28.1. The first-order valence-electron chi connectivity index (χ1n) is 5.56. The van der Waals surface area contributed by atoms with Gasteiger partial charge in [-0.05, 0) is 19.0 Å². The lowest BCUT2D eigenvalue weighted by atomic mass is 9.98. The van der Waals surface area contributed by atoms with E-state index in [1.54, 1.807) is 0 Å². The Morgan fingerprint density at radius 1 is 1.23 bits per heavy atom. The normalized spacial score (nSPS) is 18.5. The number of hydrogen-bond acceptors (Lipinski definition) is 2. The van der Waals surface area contributed by atoms with Crippen molar-refractivity contribution in [1.82, 2.24) is 10.6 Å². The third kappa shape index (κ3) is 4.25. The second kappa shape index (κ2) is 6.57. The molecule has 0 fully saturated rings. The molecular weight excluding hydrogens is 176 g/mol. The lowest BCUT2D eigenvalue weighted by Gasteiger charge is -2.36. The van der Waals surface area contributed by atoms with Crippen LogP contribution in [0.2, 0.25) is 0 Å². The van der Waals surface area contributed by atoms with E-state index in [0.29, 0.717) is 5.16 Å². The Labute approximate surface area is 86.3 Å². The Morgan fingerprint density at radius 3 is 2.23 bits per heavy atom. The van der Waals surface area contributed by atoms with E-state index in [1.165, 1.54) is 16.7 Å². The number of likely N-dealkylation sites (N-methyl/N-ethyl adjacent to an activating group) is 2. The van der Waals surface area contributed by atoms with E-state index < -0.39 is 0 Å². The maximum atomic E-state index is 3.64. The molecule has 0 aromatic carbocycles. The number of rotatable bonds is 7. The number of hydrogen-bond donors (Lipinski definition) is 2. The van der Waals surface area contributed by atoms with Crippen molar-refractivity contribution in [2.45, 2.75) is 39.3 Å². The average Bonchev–Trinajstić information content (AvgIpc) is 2.14. The van der Waals surface area contributed by atoms with Gasteiger partial charge in [-0.3, -0.25) is 0 Å². The summed E-state index contributed by atoms with van der Waals surface area (Å²) in [6, 6.07) is 0. The molecule has 0 aromatic rings. The van der Waals surface area contributed by atoms with Crippen LogP contribution in [0.25, 0.3) is 0 Å². The second-order valence-electron chi connectivity index (χ2n) is 4.04. The van der Waals surface area contributed by atoms with Gasteiger partial charge in [-0.25, -0.2) is 0 Å². The largest absolute Gasteiger partial charge is 0.316 e. The fourth-order valence-corrected chi connectivity index (χ4v) is 2.66. The molecule has 0 heterocycles. The molecule has 2 nitrogen and oxygen atoms in total. The van der Waals surface area contributed by atoms with Crippen molar-refractivity contribution < 1.29 is 0 Å². The summed E-state index contributed by atoms with van der Waals surface area (Å²) in [7, 11) is 1.21. The van der Waals surface area contributed by atoms with Crippen LogP contribution < -0.4 is 10.6 Å². The highest BCUT2D eigenvalue weighted by Crippen LogP contribution is 2.16. The third-order valence-electron chi connectivity index (χ3n) is 3.02. The maximum Gasteiger partial charge on any atom is 0.0301 e. The summed E-state index contributed by atoms with van der Waals surface area (Å²) in [5, 5.41) is 7.49. The topological polar surface area (TPSA) is 24.1 Å². The smallest absolute Gasteiger partial charge is 0.0301 e. The van der Waals surface area contributed by atoms with Gasteiger partial charge < -0.3 is 10.6 Å². The van der Waals surface area contributed by atoms with Gasteiger partial charge in [-0.2, -0.15) is 0 Å². The maximum absolute atomic E-state index is 3.64. The summed E-state index contributed by atoms with van der Waals surface area (Å²) in [4.78, 5) is 0. The van der Waals surface area contributed by atoms with Gasteiger partial charge >= 0.3 is 0 Å². The van der Waals surface area contributed by atoms with Gasteiger partial charge in [0, 0.05) is 21.9 Å². The van der Waals surface area contributed by atoms with Crippen molar-refractivity contribution in [1.29, 1.82) is 0 Å². The summed E-state index contributed by atoms with van der Waals surface area (Å²) in [5.41, 5.74) is 0. The van der Waals surface area contributed by atoms with Crippen LogP contribution in [0.5, 0.6) is 0 Å². The molecule has 3 heteroatoms. The van der Waals surface area contributed by atoms with Crippen LogP contribution in [0.15, 0.2) is 0 Å². The minimum absolute atomic E-state index is 0.388. The predicted octanol–water partition coefficient (Wildman–Crippen LogP) is 0.313. The molecule has 0 bridgehead atoms. The molecule has 2 atom stereocenters. The molecule has 2 unspecified atom stereocenters.